The first-order valence-electron chi connectivity index (χ1n) is 4.41. The monoisotopic (exact) mass is 231 g/mol. The molecule has 1 aromatic rings. The normalized spacial score (nSPS) is 10.2. The molecule has 1 rings (SSSR count). The van der Waals surface area contributed by atoms with Crippen LogP contribution in [0.1, 0.15) is 6.42 Å². The summed E-state index contributed by atoms with van der Waals surface area (Å²) in [4.78, 5) is 0. The Morgan fingerprint density at radius 3 is 2.67 bits per heavy atom. The van der Waals surface area contributed by atoms with Crippen LogP contribution in [-0.2, 0) is 9.37 Å². The minimum Gasteiger partial charge on any atom is -0.494 e. The fourth-order valence-electron chi connectivity index (χ4n) is 0.927. The van der Waals surface area contributed by atoms with Crippen molar-refractivity contribution in [3.05, 3.63) is 24.3 Å². The van der Waals surface area contributed by atoms with Crippen LogP contribution in [-0.4, -0.2) is 17.6 Å². The van der Waals surface area contributed by atoms with Gasteiger partial charge in [-0.15, -0.1) is 4.33 Å². The van der Waals surface area contributed by atoms with Crippen molar-refractivity contribution in [2.75, 3.05) is 18.1 Å². The minimum atomic E-state index is 0.575. The zero-order valence-electron chi connectivity index (χ0n) is 8.09. The van der Waals surface area contributed by atoms with Crippen molar-refractivity contribution in [3.8, 4) is 5.75 Å². The number of nitrogens with two attached hydrogens (primary N) is 1. The summed E-state index contributed by atoms with van der Waals surface area (Å²) in [5.74, 6) is 1.46. The predicted octanol–water partition coefficient (Wildman–Crippen LogP) is 2.11. The van der Waals surface area contributed by atoms with E-state index in [1.54, 1.807) is 12.1 Å². The van der Waals surface area contributed by atoms with Crippen LogP contribution in [0.5, 0.6) is 5.75 Å². The lowest BCUT2D eigenvalue weighted by Gasteiger charge is -2.05. The van der Waals surface area contributed by atoms with Crippen LogP contribution in [0.15, 0.2) is 24.3 Å². The quantitative estimate of drug-likeness (QED) is 0.246. The van der Waals surface area contributed by atoms with Crippen molar-refractivity contribution in [3.63, 3.8) is 0 Å². The standard InChI is InChI=1S/C9H13NO4S/c10-8-2-4-9(5-3-8)12-6-1-7-15-14-13-11/h2-5,11H,1,6-7,10H2. The molecule has 0 aliphatic heterocycles. The summed E-state index contributed by atoms with van der Waals surface area (Å²) in [5.41, 5.74) is 6.24. The van der Waals surface area contributed by atoms with Gasteiger partial charge >= 0.3 is 0 Å². The number of hydrogen-bond acceptors (Lipinski definition) is 6. The molecule has 0 fully saturated rings. The van der Waals surface area contributed by atoms with Gasteiger partial charge < -0.3 is 10.5 Å². The molecule has 0 bridgehead atoms. The van der Waals surface area contributed by atoms with E-state index in [2.05, 4.69) is 9.37 Å². The SMILES string of the molecule is Nc1ccc(OCCCSOOO)cc1. The second kappa shape index (κ2) is 7.36. The molecule has 5 nitrogen and oxygen atoms in total. The largest absolute Gasteiger partial charge is 0.494 e. The second-order valence-electron chi connectivity index (χ2n) is 2.74. The Bertz CT molecular complexity index is 267. The van der Waals surface area contributed by atoms with Crippen LogP contribution in [0.4, 0.5) is 5.69 Å². The fourth-order valence-corrected chi connectivity index (χ4v) is 1.27. The first-order chi connectivity index (χ1) is 7.33. The molecule has 0 aliphatic carbocycles. The number of anilines is 1. The van der Waals surface area contributed by atoms with E-state index in [0.717, 1.165) is 24.2 Å². The number of nitrogen functional groups attached to an aromatic ring is 1. The fraction of sp³-hybridized carbons (Fsp3) is 0.333. The Morgan fingerprint density at radius 1 is 1.27 bits per heavy atom. The van der Waals surface area contributed by atoms with E-state index in [4.69, 9.17) is 15.7 Å². The summed E-state index contributed by atoms with van der Waals surface area (Å²) in [6.07, 6.45) is 0.790. The van der Waals surface area contributed by atoms with Crippen molar-refractivity contribution >= 4 is 17.7 Å². The molecule has 6 heteroatoms. The molecule has 0 atom stereocenters. The number of ether oxygens (including phenoxy) is 1. The summed E-state index contributed by atoms with van der Waals surface area (Å²) in [6, 6.07) is 7.20. The number of rotatable bonds is 7. The van der Waals surface area contributed by atoms with E-state index in [0.29, 0.717) is 18.0 Å². The second-order valence-corrected chi connectivity index (χ2v) is 3.52. The van der Waals surface area contributed by atoms with Gasteiger partial charge in [0.15, 0.2) is 0 Å². The third kappa shape index (κ3) is 5.48. The molecule has 0 unspecified atom stereocenters. The highest BCUT2D eigenvalue weighted by Crippen LogP contribution is 2.13. The van der Waals surface area contributed by atoms with Crippen molar-refractivity contribution < 1.29 is 19.4 Å². The van der Waals surface area contributed by atoms with Gasteiger partial charge in [-0.2, -0.15) is 0 Å². The summed E-state index contributed by atoms with van der Waals surface area (Å²) in [5, 5.41) is 11.3. The van der Waals surface area contributed by atoms with Crippen molar-refractivity contribution in [1.82, 2.24) is 0 Å². The van der Waals surface area contributed by atoms with Crippen LogP contribution < -0.4 is 10.5 Å². The molecular weight excluding hydrogens is 218 g/mol. The Labute approximate surface area is 92.2 Å². The Hall–Kier alpha value is -0.950. The van der Waals surface area contributed by atoms with Gasteiger partial charge in [-0.25, -0.2) is 5.26 Å². The molecule has 1 aromatic carbocycles. The maximum Gasteiger partial charge on any atom is 0.119 e. The van der Waals surface area contributed by atoms with Crippen molar-refractivity contribution in [1.29, 1.82) is 0 Å². The molecule has 0 aromatic heterocycles. The lowest BCUT2D eigenvalue weighted by Crippen LogP contribution is -1.99. The molecule has 0 heterocycles. The molecule has 84 valence electrons. The maximum absolute atomic E-state index is 7.84. The maximum atomic E-state index is 7.84. The van der Waals surface area contributed by atoms with E-state index in [1.807, 2.05) is 12.1 Å². The van der Waals surface area contributed by atoms with Gasteiger partial charge in [0.1, 0.15) is 5.75 Å². The molecule has 0 radical (unpaired) electrons. The average Bonchev–Trinajstić information content (AvgIpc) is 2.26. The first-order valence-corrected chi connectivity index (χ1v) is 5.32. The van der Waals surface area contributed by atoms with Crippen LogP contribution >= 0.6 is 12.0 Å². The summed E-state index contributed by atoms with van der Waals surface area (Å²) in [7, 11) is 0. The summed E-state index contributed by atoms with van der Waals surface area (Å²) >= 11 is 1.02. The van der Waals surface area contributed by atoms with Gasteiger partial charge in [0, 0.05) is 23.5 Å². The minimum absolute atomic E-state index is 0.575. The van der Waals surface area contributed by atoms with E-state index < -0.39 is 0 Å². The van der Waals surface area contributed by atoms with Crippen LogP contribution in [0.2, 0.25) is 0 Å². The Balaban J connectivity index is 2.07. The van der Waals surface area contributed by atoms with E-state index in [-0.39, 0.29) is 0 Å². The van der Waals surface area contributed by atoms with Crippen molar-refractivity contribution in [2.24, 2.45) is 0 Å². The third-order valence-electron chi connectivity index (χ3n) is 1.60. The molecule has 0 saturated heterocycles. The van der Waals surface area contributed by atoms with Gasteiger partial charge in [0.05, 0.1) is 6.61 Å². The van der Waals surface area contributed by atoms with Crippen LogP contribution in [0, 0.1) is 0 Å². The van der Waals surface area contributed by atoms with Crippen LogP contribution in [0.25, 0.3) is 0 Å². The predicted molar refractivity (Wildman–Crippen MR) is 58.2 cm³/mol. The van der Waals surface area contributed by atoms with E-state index >= 15 is 0 Å². The first kappa shape index (κ1) is 12.1. The number of hydrogen-bond donors (Lipinski definition) is 2. The Kier molecular flexibility index (Phi) is 5.94. The molecule has 3 N–H and O–H groups in total. The Morgan fingerprint density at radius 2 is 2.00 bits per heavy atom. The zero-order valence-corrected chi connectivity index (χ0v) is 8.90. The van der Waals surface area contributed by atoms with Gasteiger partial charge in [0.25, 0.3) is 0 Å². The molecule has 0 amide bonds. The highest BCUT2D eigenvalue weighted by molar-refractivity contribution is 7.94. The number of benzene rings is 1. The molecule has 0 spiro atoms. The van der Waals surface area contributed by atoms with Gasteiger partial charge in [0.2, 0.25) is 0 Å². The molecular formula is C9H13NO4S. The van der Waals surface area contributed by atoms with Gasteiger partial charge in [-0.1, -0.05) is 5.04 Å². The van der Waals surface area contributed by atoms with E-state index in [9.17, 15) is 0 Å². The summed E-state index contributed by atoms with van der Waals surface area (Å²) < 4.78 is 9.62. The lowest BCUT2D eigenvalue weighted by atomic mass is 10.3. The van der Waals surface area contributed by atoms with Crippen molar-refractivity contribution in [2.45, 2.75) is 6.42 Å². The smallest absolute Gasteiger partial charge is 0.119 e. The average molecular weight is 231 g/mol. The lowest BCUT2D eigenvalue weighted by molar-refractivity contribution is -0.432. The van der Waals surface area contributed by atoms with Crippen LogP contribution in [0.3, 0.4) is 0 Å². The zero-order chi connectivity index (χ0) is 10.9. The van der Waals surface area contributed by atoms with Gasteiger partial charge in [-0.05, 0) is 30.7 Å². The summed E-state index contributed by atoms with van der Waals surface area (Å²) in [6.45, 7) is 0.575. The molecule has 15 heavy (non-hydrogen) atoms. The van der Waals surface area contributed by atoms with E-state index in [1.165, 1.54) is 0 Å². The molecule has 0 saturated carbocycles. The third-order valence-corrected chi connectivity index (χ3v) is 2.21. The molecule has 0 aliphatic rings. The highest BCUT2D eigenvalue weighted by atomic mass is 32.2. The van der Waals surface area contributed by atoms with Gasteiger partial charge in [-0.3, -0.25) is 0 Å². The highest BCUT2D eigenvalue weighted by Gasteiger charge is 1.94. The topological polar surface area (TPSA) is 73.9 Å².